The Bertz CT molecular complexity index is 690. The molecule has 21 heavy (non-hydrogen) atoms. The molecule has 2 aromatic rings. The number of carbonyl (C=O) groups excluding carboxylic acids is 1. The van der Waals surface area contributed by atoms with Gasteiger partial charge in [0.25, 0.3) is 0 Å². The number of nitrogens with zero attached hydrogens (tertiary/aromatic N) is 2. The summed E-state index contributed by atoms with van der Waals surface area (Å²) in [5.74, 6) is 0.445. The van der Waals surface area contributed by atoms with E-state index in [2.05, 4.69) is 59.3 Å². The second-order valence-corrected chi connectivity index (χ2v) is 6.59. The number of anilines is 1. The van der Waals surface area contributed by atoms with Crippen molar-refractivity contribution in [2.45, 2.75) is 19.3 Å². The fraction of sp³-hybridized carbons (Fsp3) is 0.267. The van der Waals surface area contributed by atoms with E-state index in [1.807, 2.05) is 12.1 Å². The van der Waals surface area contributed by atoms with Crippen LogP contribution in [-0.4, -0.2) is 15.9 Å². The molecule has 4 nitrogen and oxygen atoms in total. The first kappa shape index (κ1) is 14.7. The van der Waals surface area contributed by atoms with Gasteiger partial charge in [-0.2, -0.15) is 0 Å². The van der Waals surface area contributed by atoms with Crippen LogP contribution in [0.3, 0.4) is 0 Å². The zero-order chi connectivity index (χ0) is 14.8. The van der Waals surface area contributed by atoms with Crippen molar-refractivity contribution in [1.29, 1.82) is 0 Å². The Hall–Kier alpha value is -1.27. The number of fused-ring (bicyclic) bond motifs is 1. The van der Waals surface area contributed by atoms with Gasteiger partial charge in [-0.25, -0.2) is 9.97 Å². The van der Waals surface area contributed by atoms with Gasteiger partial charge < -0.3 is 5.32 Å². The number of halogens is 2. The van der Waals surface area contributed by atoms with Crippen molar-refractivity contribution < 1.29 is 4.79 Å². The van der Waals surface area contributed by atoms with E-state index < -0.39 is 0 Å². The highest BCUT2D eigenvalue weighted by Gasteiger charge is 2.25. The molecule has 108 valence electrons. The van der Waals surface area contributed by atoms with Gasteiger partial charge >= 0.3 is 0 Å². The molecule has 3 rings (SSSR count). The summed E-state index contributed by atoms with van der Waals surface area (Å²) in [5.41, 5.74) is 2.62. The van der Waals surface area contributed by atoms with E-state index in [-0.39, 0.29) is 11.8 Å². The molecule has 0 bridgehead atoms. The van der Waals surface area contributed by atoms with Crippen LogP contribution in [0.2, 0.25) is 0 Å². The maximum atomic E-state index is 12.4. The van der Waals surface area contributed by atoms with Crippen LogP contribution in [0, 0.1) is 5.92 Å². The summed E-state index contributed by atoms with van der Waals surface area (Å²) in [7, 11) is 0. The standard InChI is InChI=1S/C15H13Br2N3O/c16-12-8-18-14(13(17)19-12)20-15(21)11-6-5-9-3-1-2-4-10(9)7-11/h1-4,8,11H,5-7H2,(H,18,20,21). The lowest BCUT2D eigenvalue weighted by Crippen LogP contribution is -2.28. The molecule has 0 fully saturated rings. The predicted octanol–water partition coefficient (Wildman–Crippen LogP) is 3.75. The second-order valence-electron chi connectivity index (χ2n) is 5.03. The number of aryl methyl sites for hydroxylation is 1. The first-order valence-electron chi connectivity index (χ1n) is 6.69. The number of aromatic nitrogens is 2. The molecule has 1 aromatic heterocycles. The highest BCUT2D eigenvalue weighted by atomic mass is 79.9. The van der Waals surface area contributed by atoms with Gasteiger partial charge in [-0.15, -0.1) is 0 Å². The number of hydrogen-bond donors (Lipinski definition) is 1. The van der Waals surface area contributed by atoms with E-state index in [1.54, 1.807) is 6.20 Å². The Morgan fingerprint density at radius 2 is 2.00 bits per heavy atom. The molecule has 1 aliphatic carbocycles. The third-order valence-electron chi connectivity index (χ3n) is 3.66. The number of benzene rings is 1. The van der Waals surface area contributed by atoms with Crippen LogP contribution in [0.4, 0.5) is 5.82 Å². The molecule has 1 N–H and O–H groups in total. The van der Waals surface area contributed by atoms with Gasteiger partial charge in [0.05, 0.1) is 6.20 Å². The molecule has 1 heterocycles. The van der Waals surface area contributed by atoms with E-state index in [0.717, 1.165) is 19.3 Å². The Labute approximate surface area is 139 Å². The van der Waals surface area contributed by atoms with Gasteiger partial charge in [-0.05, 0) is 62.2 Å². The normalized spacial score (nSPS) is 17.1. The molecule has 0 spiro atoms. The molecular formula is C15H13Br2N3O. The number of rotatable bonds is 2. The largest absolute Gasteiger partial charge is 0.308 e. The Morgan fingerprint density at radius 3 is 2.76 bits per heavy atom. The van der Waals surface area contributed by atoms with Gasteiger partial charge in [-0.3, -0.25) is 4.79 Å². The van der Waals surface area contributed by atoms with Gasteiger partial charge in [-0.1, -0.05) is 24.3 Å². The summed E-state index contributed by atoms with van der Waals surface area (Å²) >= 11 is 6.55. The summed E-state index contributed by atoms with van der Waals surface area (Å²) in [6, 6.07) is 8.31. The van der Waals surface area contributed by atoms with Crippen LogP contribution in [0.5, 0.6) is 0 Å². The summed E-state index contributed by atoms with van der Waals surface area (Å²) in [6.07, 6.45) is 4.16. The lowest BCUT2D eigenvalue weighted by atomic mass is 9.83. The summed E-state index contributed by atoms with van der Waals surface area (Å²) < 4.78 is 1.15. The van der Waals surface area contributed by atoms with Crippen molar-refractivity contribution in [3.63, 3.8) is 0 Å². The van der Waals surface area contributed by atoms with Gasteiger partial charge in [0.1, 0.15) is 9.21 Å². The first-order valence-corrected chi connectivity index (χ1v) is 8.28. The van der Waals surface area contributed by atoms with Crippen LogP contribution in [-0.2, 0) is 17.6 Å². The number of carbonyl (C=O) groups is 1. The molecular weight excluding hydrogens is 398 g/mol. The molecule has 0 saturated carbocycles. The predicted molar refractivity (Wildman–Crippen MR) is 88.0 cm³/mol. The fourth-order valence-electron chi connectivity index (χ4n) is 2.57. The Kier molecular flexibility index (Phi) is 4.35. The summed E-state index contributed by atoms with van der Waals surface area (Å²) in [6.45, 7) is 0. The van der Waals surface area contributed by atoms with Crippen molar-refractivity contribution in [2.75, 3.05) is 5.32 Å². The quantitative estimate of drug-likeness (QED) is 0.820. The lowest BCUT2D eigenvalue weighted by Gasteiger charge is -2.23. The monoisotopic (exact) mass is 409 g/mol. The second kappa shape index (κ2) is 6.23. The van der Waals surface area contributed by atoms with Crippen molar-refractivity contribution in [2.24, 2.45) is 5.92 Å². The zero-order valence-electron chi connectivity index (χ0n) is 11.1. The van der Waals surface area contributed by atoms with E-state index in [9.17, 15) is 4.79 Å². The van der Waals surface area contributed by atoms with Crippen molar-refractivity contribution in [1.82, 2.24) is 9.97 Å². The first-order chi connectivity index (χ1) is 10.1. The third-order valence-corrected chi connectivity index (χ3v) is 4.59. The van der Waals surface area contributed by atoms with Crippen molar-refractivity contribution >= 4 is 43.6 Å². The van der Waals surface area contributed by atoms with Gasteiger partial charge in [0.2, 0.25) is 5.91 Å². The molecule has 1 aliphatic rings. The van der Waals surface area contributed by atoms with Crippen LogP contribution < -0.4 is 5.32 Å². The Balaban J connectivity index is 1.72. The Morgan fingerprint density at radius 1 is 1.24 bits per heavy atom. The van der Waals surface area contributed by atoms with Crippen LogP contribution in [0.15, 0.2) is 39.7 Å². The van der Waals surface area contributed by atoms with Gasteiger partial charge in [0.15, 0.2) is 5.82 Å². The highest BCUT2D eigenvalue weighted by Crippen LogP contribution is 2.27. The zero-order valence-corrected chi connectivity index (χ0v) is 14.3. The average molecular weight is 411 g/mol. The van der Waals surface area contributed by atoms with Crippen molar-refractivity contribution in [3.05, 3.63) is 50.8 Å². The molecule has 6 heteroatoms. The smallest absolute Gasteiger partial charge is 0.229 e. The summed E-state index contributed by atoms with van der Waals surface area (Å²) in [4.78, 5) is 20.7. The SMILES string of the molecule is O=C(Nc1ncc(Br)nc1Br)C1CCc2ccccc2C1. The molecule has 1 unspecified atom stereocenters. The number of hydrogen-bond acceptors (Lipinski definition) is 3. The maximum Gasteiger partial charge on any atom is 0.229 e. The van der Waals surface area contributed by atoms with E-state index in [0.29, 0.717) is 15.0 Å². The molecule has 0 radical (unpaired) electrons. The van der Waals surface area contributed by atoms with E-state index in [4.69, 9.17) is 0 Å². The lowest BCUT2D eigenvalue weighted by molar-refractivity contribution is -0.120. The molecule has 1 amide bonds. The van der Waals surface area contributed by atoms with Gasteiger partial charge in [0, 0.05) is 5.92 Å². The highest BCUT2D eigenvalue weighted by molar-refractivity contribution is 9.11. The summed E-state index contributed by atoms with van der Waals surface area (Å²) in [5, 5.41) is 2.86. The third kappa shape index (κ3) is 3.32. The molecule has 0 saturated heterocycles. The molecule has 1 atom stereocenters. The van der Waals surface area contributed by atoms with Crippen LogP contribution in [0.25, 0.3) is 0 Å². The van der Waals surface area contributed by atoms with Crippen LogP contribution in [0.1, 0.15) is 17.5 Å². The minimum Gasteiger partial charge on any atom is -0.308 e. The molecule has 0 aliphatic heterocycles. The maximum absolute atomic E-state index is 12.4. The minimum atomic E-state index is -0.0164. The number of nitrogens with one attached hydrogen (secondary N) is 1. The molecule has 1 aromatic carbocycles. The van der Waals surface area contributed by atoms with E-state index >= 15 is 0 Å². The number of amides is 1. The minimum absolute atomic E-state index is 0.00169. The van der Waals surface area contributed by atoms with Crippen LogP contribution >= 0.6 is 31.9 Å². The fourth-order valence-corrected chi connectivity index (χ4v) is 3.48. The topological polar surface area (TPSA) is 54.9 Å². The van der Waals surface area contributed by atoms with Crippen molar-refractivity contribution in [3.8, 4) is 0 Å². The van der Waals surface area contributed by atoms with E-state index in [1.165, 1.54) is 11.1 Å². The average Bonchev–Trinajstić information content (AvgIpc) is 2.49.